The molecule has 3 N–H and O–H groups in total. The number of methoxy groups -OCH3 is 1. The van der Waals surface area contributed by atoms with Crippen LogP contribution in [0, 0.1) is 0 Å². The molecule has 8 heteroatoms. The molecule has 3 rings (SSSR count). The van der Waals surface area contributed by atoms with Crippen molar-refractivity contribution in [2.75, 3.05) is 24.0 Å². The Morgan fingerprint density at radius 3 is 3.05 bits per heavy atom. The van der Waals surface area contributed by atoms with Crippen LogP contribution < -0.4 is 15.9 Å². The molecule has 22 heavy (non-hydrogen) atoms. The lowest BCUT2D eigenvalue weighted by Gasteiger charge is -2.07. The third-order valence-electron chi connectivity index (χ3n) is 3.32. The Balaban J connectivity index is 1.55. The first-order chi connectivity index (χ1) is 10.7. The Morgan fingerprint density at radius 1 is 1.50 bits per heavy atom. The summed E-state index contributed by atoms with van der Waals surface area (Å²) in [5.41, 5.74) is 0.692. The fraction of sp³-hybridized carbons (Fsp3) is 0.357. The number of amides is 1. The van der Waals surface area contributed by atoms with Crippen molar-refractivity contribution in [3.8, 4) is 5.75 Å². The molecule has 0 radical (unpaired) electrons. The van der Waals surface area contributed by atoms with E-state index in [1.807, 2.05) is 18.2 Å². The standard InChI is InChI=1S/C14H17N5O2S/c1-21-11-4-2-3-10(7-11)16-12(20)8-22-14-18-17-13(19(14)15)9-5-6-9/h2-4,7,9H,5-6,8,15H2,1H3,(H,16,20). The lowest BCUT2D eigenvalue weighted by molar-refractivity contribution is -0.113. The summed E-state index contributed by atoms with van der Waals surface area (Å²) in [6.45, 7) is 0. The largest absolute Gasteiger partial charge is 0.497 e. The van der Waals surface area contributed by atoms with Gasteiger partial charge in [0.2, 0.25) is 11.1 Å². The number of hydrogen-bond acceptors (Lipinski definition) is 6. The number of carbonyl (C=O) groups is 1. The zero-order valence-corrected chi connectivity index (χ0v) is 13.0. The van der Waals surface area contributed by atoms with E-state index in [2.05, 4.69) is 15.5 Å². The SMILES string of the molecule is COc1cccc(NC(=O)CSc2nnc(C3CC3)n2N)c1. The van der Waals surface area contributed by atoms with Crippen molar-refractivity contribution >= 4 is 23.4 Å². The zero-order valence-electron chi connectivity index (χ0n) is 12.2. The monoisotopic (exact) mass is 319 g/mol. The first-order valence-corrected chi connectivity index (χ1v) is 7.93. The topological polar surface area (TPSA) is 95.1 Å². The van der Waals surface area contributed by atoms with E-state index in [1.165, 1.54) is 16.4 Å². The third-order valence-corrected chi connectivity index (χ3v) is 4.26. The van der Waals surface area contributed by atoms with Gasteiger partial charge in [0, 0.05) is 17.7 Å². The van der Waals surface area contributed by atoms with E-state index in [0.717, 1.165) is 18.7 Å². The number of benzene rings is 1. The Bertz CT molecular complexity index is 684. The molecular formula is C14H17N5O2S. The molecule has 0 aliphatic heterocycles. The van der Waals surface area contributed by atoms with Crippen LogP contribution in [0.25, 0.3) is 0 Å². The Kier molecular flexibility index (Phi) is 4.19. The van der Waals surface area contributed by atoms with Crippen molar-refractivity contribution in [2.24, 2.45) is 0 Å². The highest BCUT2D eigenvalue weighted by molar-refractivity contribution is 7.99. The summed E-state index contributed by atoms with van der Waals surface area (Å²) >= 11 is 1.27. The first-order valence-electron chi connectivity index (χ1n) is 6.94. The number of aromatic nitrogens is 3. The van der Waals surface area contributed by atoms with Crippen LogP contribution in [0.2, 0.25) is 0 Å². The van der Waals surface area contributed by atoms with Crippen LogP contribution in [0.4, 0.5) is 5.69 Å². The fourth-order valence-corrected chi connectivity index (χ4v) is 2.70. The van der Waals surface area contributed by atoms with Gasteiger partial charge >= 0.3 is 0 Å². The number of ether oxygens (including phenoxy) is 1. The predicted molar refractivity (Wildman–Crippen MR) is 84.5 cm³/mol. The lowest BCUT2D eigenvalue weighted by Crippen LogP contribution is -2.17. The molecule has 116 valence electrons. The van der Waals surface area contributed by atoms with Crippen molar-refractivity contribution in [3.05, 3.63) is 30.1 Å². The molecule has 1 aromatic carbocycles. The minimum atomic E-state index is -0.130. The zero-order chi connectivity index (χ0) is 15.5. The maximum atomic E-state index is 12.0. The minimum absolute atomic E-state index is 0.130. The summed E-state index contributed by atoms with van der Waals surface area (Å²) < 4.78 is 6.61. The number of nitrogen functional groups attached to an aromatic ring is 1. The highest BCUT2D eigenvalue weighted by atomic mass is 32.2. The van der Waals surface area contributed by atoms with Gasteiger partial charge in [-0.25, -0.2) is 4.68 Å². The van der Waals surface area contributed by atoms with Crippen molar-refractivity contribution in [3.63, 3.8) is 0 Å². The molecule has 0 atom stereocenters. The molecule has 1 heterocycles. The average molecular weight is 319 g/mol. The van der Waals surface area contributed by atoms with Gasteiger partial charge in [-0.15, -0.1) is 10.2 Å². The number of thioether (sulfide) groups is 1. The van der Waals surface area contributed by atoms with E-state index in [0.29, 0.717) is 22.5 Å². The van der Waals surface area contributed by atoms with Gasteiger partial charge in [0.1, 0.15) is 5.75 Å². The van der Waals surface area contributed by atoms with Crippen LogP contribution in [0.5, 0.6) is 5.75 Å². The molecule has 2 aromatic rings. The number of nitrogens with zero attached hydrogens (tertiary/aromatic N) is 3. The number of carbonyl (C=O) groups excluding carboxylic acids is 1. The molecule has 1 aliphatic carbocycles. The highest BCUT2D eigenvalue weighted by Gasteiger charge is 2.29. The van der Waals surface area contributed by atoms with Crippen molar-refractivity contribution in [1.82, 2.24) is 14.9 Å². The molecule has 1 aromatic heterocycles. The lowest BCUT2D eigenvalue weighted by atomic mass is 10.3. The Hall–Kier alpha value is -2.22. The van der Waals surface area contributed by atoms with Gasteiger partial charge in [-0.1, -0.05) is 17.8 Å². The Morgan fingerprint density at radius 2 is 2.32 bits per heavy atom. The van der Waals surface area contributed by atoms with Crippen molar-refractivity contribution < 1.29 is 9.53 Å². The second kappa shape index (κ2) is 6.27. The summed E-state index contributed by atoms with van der Waals surface area (Å²) in [6, 6.07) is 7.21. The minimum Gasteiger partial charge on any atom is -0.497 e. The van der Waals surface area contributed by atoms with Crippen molar-refractivity contribution in [2.45, 2.75) is 23.9 Å². The second-order valence-electron chi connectivity index (χ2n) is 5.05. The number of nitrogens with one attached hydrogen (secondary N) is 1. The molecule has 1 amide bonds. The van der Waals surface area contributed by atoms with E-state index in [1.54, 1.807) is 13.2 Å². The van der Waals surface area contributed by atoms with Gasteiger partial charge in [-0.05, 0) is 25.0 Å². The normalized spacial score (nSPS) is 13.9. The molecule has 0 unspecified atom stereocenters. The number of hydrogen-bond donors (Lipinski definition) is 2. The number of rotatable bonds is 6. The average Bonchev–Trinajstić information content (AvgIpc) is 3.29. The molecule has 0 saturated heterocycles. The van der Waals surface area contributed by atoms with Gasteiger partial charge < -0.3 is 15.9 Å². The van der Waals surface area contributed by atoms with Crippen LogP contribution in [-0.2, 0) is 4.79 Å². The van der Waals surface area contributed by atoms with Gasteiger partial charge in [0.05, 0.1) is 12.9 Å². The van der Waals surface area contributed by atoms with Gasteiger partial charge in [0.25, 0.3) is 0 Å². The summed E-state index contributed by atoms with van der Waals surface area (Å²) in [7, 11) is 1.59. The molecule has 1 saturated carbocycles. The van der Waals surface area contributed by atoms with E-state index >= 15 is 0 Å². The van der Waals surface area contributed by atoms with E-state index in [9.17, 15) is 4.79 Å². The summed E-state index contributed by atoms with van der Waals surface area (Å²) in [5.74, 6) is 7.96. The smallest absolute Gasteiger partial charge is 0.234 e. The second-order valence-corrected chi connectivity index (χ2v) is 6.00. The van der Waals surface area contributed by atoms with E-state index < -0.39 is 0 Å². The summed E-state index contributed by atoms with van der Waals surface area (Å²) in [6.07, 6.45) is 2.21. The molecule has 1 aliphatic rings. The molecule has 1 fully saturated rings. The summed E-state index contributed by atoms with van der Waals surface area (Å²) in [4.78, 5) is 12.0. The quantitative estimate of drug-likeness (QED) is 0.620. The fourth-order valence-electron chi connectivity index (χ4n) is 2.03. The molecule has 0 spiro atoms. The third kappa shape index (κ3) is 3.33. The maximum Gasteiger partial charge on any atom is 0.234 e. The Labute approximate surface area is 132 Å². The molecule has 7 nitrogen and oxygen atoms in total. The van der Waals surface area contributed by atoms with Crippen LogP contribution in [0.1, 0.15) is 24.6 Å². The van der Waals surface area contributed by atoms with Crippen molar-refractivity contribution in [1.29, 1.82) is 0 Å². The number of nitrogens with two attached hydrogens (primary N) is 1. The molecule has 0 bridgehead atoms. The first kappa shape index (κ1) is 14.7. The van der Waals surface area contributed by atoms with Crippen LogP contribution in [0.15, 0.2) is 29.4 Å². The van der Waals surface area contributed by atoms with E-state index in [4.69, 9.17) is 10.6 Å². The predicted octanol–water partition coefficient (Wildman–Crippen LogP) is 1.61. The van der Waals surface area contributed by atoms with Gasteiger partial charge in [0.15, 0.2) is 5.82 Å². The van der Waals surface area contributed by atoms with Gasteiger partial charge in [-0.3, -0.25) is 4.79 Å². The van der Waals surface area contributed by atoms with Crippen LogP contribution in [0.3, 0.4) is 0 Å². The maximum absolute atomic E-state index is 12.0. The number of anilines is 1. The summed E-state index contributed by atoms with van der Waals surface area (Å²) in [5, 5.41) is 11.5. The highest BCUT2D eigenvalue weighted by Crippen LogP contribution is 2.39. The van der Waals surface area contributed by atoms with E-state index in [-0.39, 0.29) is 11.7 Å². The van der Waals surface area contributed by atoms with Crippen LogP contribution in [-0.4, -0.2) is 33.6 Å². The van der Waals surface area contributed by atoms with Crippen LogP contribution >= 0.6 is 11.8 Å². The molecular weight excluding hydrogens is 302 g/mol. The van der Waals surface area contributed by atoms with Gasteiger partial charge in [-0.2, -0.15) is 0 Å².